The van der Waals surface area contributed by atoms with E-state index in [-0.39, 0.29) is 24.1 Å². The lowest BCUT2D eigenvalue weighted by Gasteiger charge is -2.21. The zero-order valence-corrected chi connectivity index (χ0v) is 18.9. The fraction of sp³-hybridized carbons (Fsp3) is 0.364. The molecule has 7 heteroatoms. The van der Waals surface area contributed by atoms with Crippen LogP contribution in [0.2, 0.25) is 0 Å². The van der Waals surface area contributed by atoms with Crippen molar-refractivity contribution in [2.24, 2.45) is 0 Å². The van der Waals surface area contributed by atoms with E-state index in [1.54, 1.807) is 11.0 Å². The number of rotatable bonds is 7. The monoisotopic (exact) mass is 435 g/mol. The Kier molecular flexibility index (Phi) is 8.14. The van der Waals surface area contributed by atoms with Gasteiger partial charge in [0.05, 0.1) is 11.1 Å². The maximum atomic E-state index is 14.1. The molecule has 3 rings (SSSR count). The second kappa shape index (κ2) is 10.1. The number of aryl methyl sites for hydroxylation is 2. The summed E-state index contributed by atoms with van der Waals surface area (Å²) in [4.78, 5) is 21.5. The molecule has 3 aromatic rings. The molecule has 0 saturated heterocycles. The quantitative estimate of drug-likeness (QED) is 0.524. The van der Waals surface area contributed by atoms with E-state index in [2.05, 4.69) is 22.0 Å². The van der Waals surface area contributed by atoms with Gasteiger partial charge in [-0.15, -0.1) is 12.4 Å². The third-order valence-electron chi connectivity index (χ3n) is 4.72. The molecule has 0 atom stereocenters. The number of fused-ring (bicyclic) bond motifs is 1. The van der Waals surface area contributed by atoms with Crippen LogP contribution in [0.4, 0.5) is 9.52 Å². The largest absolute Gasteiger partial charge is 0.309 e. The summed E-state index contributed by atoms with van der Waals surface area (Å²) in [6, 6.07) is 11.1. The molecular formula is C22H27ClFN3OS. The van der Waals surface area contributed by atoms with Crippen molar-refractivity contribution in [2.75, 3.05) is 32.1 Å². The lowest BCUT2D eigenvalue weighted by Crippen LogP contribution is -2.34. The fourth-order valence-corrected chi connectivity index (χ4v) is 4.16. The van der Waals surface area contributed by atoms with E-state index in [9.17, 15) is 9.18 Å². The van der Waals surface area contributed by atoms with Crippen LogP contribution in [0.5, 0.6) is 0 Å². The maximum absolute atomic E-state index is 14.1. The van der Waals surface area contributed by atoms with E-state index in [1.807, 2.05) is 40.1 Å². The molecule has 156 valence electrons. The second-order valence-electron chi connectivity index (χ2n) is 7.39. The molecule has 0 aliphatic rings. The van der Waals surface area contributed by atoms with Crippen LogP contribution in [-0.4, -0.2) is 43.0 Å². The Hall–Kier alpha value is -2.02. The minimum atomic E-state index is -0.352. The average molecular weight is 436 g/mol. The van der Waals surface area contributed by atoms with Crippen LogP contribution in [0.15, 0.2) is 36.4 Å². The number of carbonyl (C=O) groups is 1. The lowest BCUT2D eigenvalue weighted by atomic mass is 10.0. The number of nitrogens with zero attached hydrogens (tertiary/aromatic N) is 3. The third kappa shape index (κ3) is 5.75. The number of thiazole rings is 1. The number of aromatic nitrogens is 1. The first kappa shape index (κ1) is 23.3. The number of hydrogen-bond acceptors (Lipinski definition) is 4. The Morgan fingerprint density at radius 2 is 1.90 bits per heavy atom. The topological polar surface area (TPSA) is 36.4 Å². The van der Waals surface area contributed by atoms with Gasteiger partial charge in [-0.1, -0.05) is 41.2 Å². The summed E-state index contributed by atoms with van der Waals surface area (Å²) in [6.07, 6.45) is 1.14. The van der Waals surface area contributed by atoms with Crippen molar-refractivity contribution in [3.05, 3.63) is 58.9 Å². The molecule has 0 aliphatic carbocycles. The minimum Gasteiger partial charge on any atom is -0.309 e. The van der Waals surface area contributed by atoms with Crippen molar-refractivity contribution in [1.82, 2.24) is 9.88 Å². The first-order valence-electron chi connectivity index (χ1n) is 9.41. The molecule has 0 fully saturated rings. The van der Waals surface area contributed by atoms with Crippen LogP contribution in [0.3, 0.4) is 0 Å². The Morgan fingerprint density at radius 3 is 2.59 bits per heavy atom. The van der Waals surface area contributed by atoms with Gasteiger partial charge in [-0.3, -0.25) is 9.69 Å². The standard InChI is InChI=1S/C22H26FN3OS.ClH/c1-15-9-10-16(2)17(13-15)14-20(27)26(12-6-11-25(3)4)22-24-21-18(23)7-5-8-19(21)28-22;/h5,7-10,13H,6,11-12,14H2,1-4H3;1H. The molecule has 29 heavy (non-hydrogen) atoms. The van der Waals surface area contributed by atoms with Crippen molar-refractivity contribution < 1.29 is 9.18 Å². The minimum absolute atomic E-state index is 0. The molecule has 4 nitrogen and oxygen atoms in total. The van der Waals surface area contributed by atoms with Crippen LogP contribution in [0.25, 0.3) is 10.2 Å². The van der Waals surface area contributed by atoms with E-state index < -0.39 is 0 Å². The van der Waals surface area contributed by atoms with E-state index in [1.165, 1.54) is 17.4 Å². The highest BCUT2D eigenvalue weighted by molar-refractivity contribution is 7.22. The fourth-order valence-electron chi connectivity index (χ4n) is 3.14. The van der Waals surface area contributed by atoms with Crippen LogP contribution < -0.4 is 4.90 Å². The summed E-state index contributed by atoms with van der Waals surface area (Å²) in [5, 5.41) is 0.564. The Balaban J connectivity index is 0.00000300. The number of amides is 1. The predicted molar refractivity (Wildman–Crippen MR) is 122 cm³/mol. The summed E-state index contributed by atoms with van der Waals surface area (Å²) in [5.41, 5.74) is 3.59. The highest BCUT2D eigenvalue weighted by atomic mass is 35.5. The average Bonchev–Trinajstić information content (AvgIpc) is 3.06. The van der Waals surface area contributed by atoms with Gasteiger partial charge in [0.25, 0.3) is 0 Å². The summed E-state index contributed by atoms with van der Waals surface area (Å²) >= 11 is 1.36. The molecule has 1 amide bonds. The van der Waals surface area contributed by atoms with Gasteiger partial charge in [0, 0.05) is 6.54 Å². The number of hydrogen-bond donors (Lipinski definition) is 0. The van der Waals surface area contributed by atoms with Crippen molar-refractivity contribution in [2.45, 2.75) is 26.7 Å². The van der Waals surface area contributed by atoms with Gasteiger partial charge in [-0.2, -0.15) is 0 Å². The highest BCUT2D eigenvalue weighted by Crippen LogP contribution is 2.31. The normalized spacial score (nSPS) is 11.0. The SMILES string of the molecule is Cc1ccc(C)c(CC(=O)N(CCCN(C)C)c2nc3c(F)cccc3s2)c1.Cl. The van der Waals surface area contributed by atoms with E-state index >= 15 is 0 Å². The van der Waals surface area contributed by atoms with Gasteiger partial charge in [0.2, 0.25) is 5.91 Å². The number of anilines is 1. The molecule has 2 aromatic carbocycles. The first-order chi connectivity index (χ1) is 13.3. The van der Waals surface area contributed by atoms with Crippen LogP contribution >= 0.6 is 23.7 Å². The van der Waals surface area contributed by atoms with Crippen molar-refractivity contribution in [1.29, 1.82) is 0 Å². The zero-order chi connectivity index (χ0) is 20.3. The molecule has 0 N–H and O–H groups in total. The number of para-hydroxylation sites is 1. The van der Waals surface area contributed by atoms with Crippen LogP contribution in [-0.2, 0) is 11.2 Å². The zero-order valence-electron chi connectivity index (χ0n) is 17.2. The van der Waals surface area contributed by atoms with Gasteiger partial charge in [0.1, 0.15) is 11.3 Å². The van der Waals surface area contributed by atoms with E-state index in [0.29, 0.717) is 23.6 Å². The lowest BCUT2D eigenvalue weighted by molar-refractivity contribution is -0.118. The summed E-state index contributed by atoms with van der Waals surface area (Å²) < 4.78 is 14.9. The van der Waals surface area contributed by atoms with E-state index in [0.717, 1.165) is 34.4 Å². The van der Waals surface area contributed by atoms with Crippen molar-refractivity contribution in [3.63, 3.8) is 0 Å². The summed E-state index contributed by atoms with van der Waals surface area (Å²) in [7, 11) is 4.02. The molecule has 0 radical (unpaired) electrons. The molecule has 0 aliphatic heterocycles. The Labute approximate surface area is 181 Å². The van der Waals surface area contributed by atoms with E-state index in [4.69, 9.17) is 0 Å². The van der Waals surface area contributed by atoms with Crippen LogP contribution in [0.1, 0.15) is 23.1 Å². The van der Waals surface area contributed by atoms with Gasteiger partial charge in [-0.05, 0) is 64.2 Å². The number of benzene rings is 2. The molecule has 0 saturated carbocycles. The molecule has 0 spiro atoms. The molecular weight excluding hydrogens is 409 g/mol. The van der Waals surface area contributed by atoms with Gasteiger partial charge in [0.15, 0.2) is 5.13 Å². The van der Waals surface area contributed by atoms with Gasteiger partial charge in [-0.25, -0.2) is 9.37 Å². The molecule has 1 aromatic heterocycles. The molecule has 0 unspecified atom stereocenters. The van der Waals surface area contributed by atoms with Gasteiger partial charge >= 0.3 is 0 Å². The smallest absolute Gasteiger partial charge is 0.233 e. The van der Waals surface area contributed by atoms with Crippen molar-refractivity contribution >= 4 is 45.0 Å². The number of carbonyl (C=O) groups excluding carboxylic acids is 1. The van der Waals surface area contributed by atoms with Crippen molar-refractivity contribution in [3.8, 4) is 0 Å². The highest BCUT2D eigenvalue weighted by Gasteiger charge is 2.21. The summed E-state index contributed by atoms with van der Waals surface area (Å²) in [5.74, 6) is -0.359. The van der Waals surface area contributed by atoms with Crippen LogP contribution in [0, 0.1) is 19.7 Å². The second-order valence-corrected chi connectivity index (χ2v) is 8.40. The predicted octanol–water partition coefficient (Wildman–Crippen LogP) is 5.00. The molecule has 0 bridgehead atoms. The Bertz CT molecular complexity index is 989. The Morgan fingerprint density at radius 1 is 1.14 bits per heavy atom. The summed E-state index contributed by atoms with van der Waals surface area (Å²) in [6.45, 7) is 5.47. The van der Waals surface area contributed by atoms with Gasteiger partial charge < -0.3 is 4.90 Å². The molecule has 1 heterocycles. The maximum Gasteiger partial charge on any atom is 0.233 e. The first-order valence-corrected chi connectivity index (χ1v) is 10.2. The number of halogens is 2. The third-order valence-corrected chi connectivity index (χ3v) is 5.77.